The first-order valence-electron chi connectivity index (χ1n) is 8.92. The van der Waals surface area contributed by atoms with Gasteiger partial charge in [-0.15, -0.1) is 0 Å². The number of fused-ring (bicyclic) bond motifs is 1. The van der Waals surface area contributed by atoms with Gasteiger partial charge in [-0.2, -0.15) is 0 Å². The van der Waals surface area contributed by atoms with Crippen molar-refractivity contribution in [1.29, 1.82) is 0 Å². The van der Waals surface area contributed by atoms with Crippen molar-refractivity contribution in [3.63, 3.8) is 0 Å². The molecular weight excluding hydrogens is 370 g/mol. The molecule has 3 aromatic rings. The summed E-state index contributed by atoms with van der Waals surface area (Å²) < 4.78 is 11.1. The Morgan fingerprint density at radius 1 is 1.17 bits per heavy atom. The molecular formula is C22H17N3O4. The highest BCUT2D eigenvalue weighted by molar-refractivity contribution is 6.08. The lowest BCUT2D eigenvalue weighted by atomic mass is 10.2. The van der Waals surface area contributed by atoms with E-state index in [9.17, 15) is 9.59 Å². The molecule has 0 spiro atoms. The number of aromatic nitrogens is 1. The van der Waals surface area contributed by atoms with Crippen LogP contribution in [0.2, 0.25) is 0 Å². The van der Waals surface area contributed by atoms with Crippen molar-refractivity contribution in [2.45, 2.75) is 6.54 Å². The largest absolute Gasteiger partial charge is 0.464 e. The fourth-order valence-electron chi connectivity index (χ4n) is 2.67. The summed E-state index contributed by atoms with van der Waals surface area (Å²) in [5.74, 6) is 0.522. The van der Waals surface area contributed by atoms with Crippen molar-refractivity contribution in [2.75, 3.05) is 5.32 Å². The number of hydrogen-bond acceptors (Lipinski definition) is 5. The van der Waals surface area contributed by atoms with Crippen LogP contribution in [0.3, 0.4) is 0 Å². The number of carbonyl (C=O) groups excluding carboxylic acids is 2. The second-order valence-corrected chi connectivity index (χ2v) is 6.22. The van der Waals surface area contributed by atoms with E-state index in [0.29, 0.717) is 29.3 Å². The van der Waals surface area contributed by atoms with E-state index in [1.165, 1.54) is 18.4 Å². The molecule has 0 saturated carbocycles. The maximum absolute atomic E-state index is 12.2. The van der Waals surface area contributed by atoms with Crippen molar-refractivity contribution in [3.8, 4) is 5.75 Å². The smallest absolute Gasteiger partial charge is 0.291 e. The van der Waals surface area contributed by atoms with E-state index in [1.54, 1.807) is 30.5 Å². The van der Waals surface area contributed by atoms with Crippen molar-refractivity contribution >= 4 is 29.7 Å². The highest BCUT2D eigenvalue weighted by Crippen LogP contribution is 2.30. The van der Waals surface area contributed by atoms with Crippen LogP contribution in [-0.2, 0) is 16.1 Å². The summed E-state index contributed by atoms with van der Waals surface area (Å²) in [7, 11) is 0. The van der Waals surface area contributed by atoms with E-state index < -0.39 is 0 Å². The summed E-state index contributed by atoms with van der Waals surface area (Å²) in [6.07, 6.45) is 7.70. The average Bonchev–Trinajstić information content (AvgIpc) is 3.19. The molecule has 2 aromatic heterocycles. The molecule has 7 nitrogen and oxygen atoms in total. The Balaban J connectivity index is 1.38. The minimum absolute atomic E-state index is 0.127. The molecule has 3 heterocycles. The Hall–Kier alpha value is -4.13. The number of ether oxygens (including phenoxy) is 1. The Morgan fingerprint density at radius 3 is 2.90 bits per heavy atom. The monoisotopic (exact) mass is 387 g/mol. The van der Waals surface area contributed by atoms with Gasteiger partial charge in [-0.3, -0.25) is 14.6 Å². The van der Waals surface area contributed by atoms with Gasteiger partial charge in [-0.05, 0) is 36.4 Å². The van der Waals surface area contributed by atoms with Crippen LogP contribution in [-0.4, -0.2) is 16.8 Å². The molecule has 29 heavy (non-hydrogen) atoms. The normalized spacial score (nSPS) is 14.3. The Morgan fingerprint density at radius 2 is 2.03 bits per heavy atom. The number of rotatable bonds is 5. The molecule has 0 aliphatic carbocycles. The van der Waals surface area contributed by atoms with Gasteiger partial charge in [0.2, 0.25) is 5.91 Å². The topological polar surface area (TPSA) is 93.5 Å². The Bertz CT molecular complexity index is 1100. The molecule has 144 valence electrons. The zero-order valence-electron chi connectivity index (χ0n) is 15.3. The van der Waals surface area contributed by atoms with Gasteiger partial charge in [0.25, 0.3) is 5.91 Å². The summed E-state index contributed by atoms with van der Waals surface area (Å²) in [5, 5.41) is 5.51. The highest BCUT2D eigenvalue weighted by atomic mass is 16.5. The minimum Gasteiger partial charge on any atom is -0.464 e. The van der Waals surface area contributed by atoms with Gasteiger partial charge in [0.05, 0.1) is 24.2 Å². The molecule has 0 saturated heterocycles. The fourth-order valence-corrected chi connectivity index (χ4v) is 2.67. The van der Waals surface area contributed by atoms with E-state index in [2.05, 4.69) is 15.6 Å². The first-order chi connectivity index (χ1) is 14.2. The van der Waals surface area contributed by atoms with Crippen LogP contribution in [0.15, 0.2) is 77.2 Å². The molecule has 4 rings (SSSR count). The van der Waals surface area contributed by atoms with Crippen LogP contribution in [0.5, 0.6) is 5.75 Å². The summed E-state index contributed by atoms with van der Waals surface area (Å²) >= 11 is 0. The van der Waals surface area contributed by atoms with E-state index >= 15 is 0 Å². The van der Waals surface area contributed by atoms with E-state index in [0.717, 1.165) is 5.69 Å². The van der Waals surface area contributed by atoms with Crippen LogP contribution in [0.25, 0.3) is 12.2 Å². The standard InChI is InChI=1S/C22H17N3O4/c26-21(24-13-16-5-3-4-10-23-16)9-8-15-11-17(28-14-15)12-20-22(27)25-18-6-1-2-7-19(18)29-20/h1-12,14H,13H2,(H,24,26)(H,25,27)/b9-8+,20-12-. The molecule has 1 aliphatic rings. The van der Waals surface area contributed by atoms with Crippen LogP contribution in [0.4, 0.5) is 5.69 Å². The average molecular weight is 387 g/mol. The Labute approximate surface area is 166 Å². The number of nitrogens with zero attached hydrogens (tertiary/aromatic N) is 1. The zero-order chi connectivity index (χ0) is 20.1. The summed E-state index contributed by atoms with van der Waals surface area (Å²) in [5.41, 5.74) is 2.08. The van der Waals surface area contributed by atoms with Gasteiger partial charge in [0.1, 0.15) is 5.76 Å². The first-order valence-corrected chi connectivity index (χ1v) is 8.92. The molecule has 1 aliphatic heterocycles. The van der Waals surface area contributed by atoms with E-state index in [4.69, 9.17) is 9.15 Å². The van der Waals surface area contributed by atoms with Gasteiger partial charge in [0, 0.05) is 23.9 Å². The van der Waals surface area contributed by atoms with Crippen LogP contribution in [0, 0.1) is 0 Å². The number of hydrogen-bond donors (Lipinski definition) is 2. The molecule has 0 radical (unpaired) electrons. The number of nitrogens with one attached hydrogen (secondary N) is 2. The van der Waals surface area contributed by atoms with Crippen LogP contribution < -0.4 is 15.4 Å². The second kappa shape index (κ2) is 8.26. The predicted molar refractivity (Wildman–Crippen MR) is 108 cm³/mol. The number of anilines is 1. The number of benzene rings is 1. The lowest BCUT2D eigenvalue weighted by molar-refractivity contribution is -0.116. The first kappa shape index (κ1) is 18.2. The third-order valence-electron chi connectivity index (χ3n) is 4.09. The van der Waals surface area contributed by atoms with Gasteiger partial charge in [0.15, 0.2) is 11.5 Å². The highest BCUT2D eigenvalue weighted by Gasteiger charge is 2.21. The van der Waals surface area contributed by atoms with Crippen molar-refractivity contribution in [2.24, 2.45) is 0 Å². The molecule has 2 N–H and O–H groups in total. The quantitative estimate of drug-likeness (QED) is 0.655. The van der Waals surface area contributed by atoms with Gasteiger partial charge >= 0.3 is 0 Å². The lowest BCUT2D eigenvalue weighted by Crippen LogP contribution is -2.23. The summed E-state index contributed by atoms with van der Waals surface area (Å²) in [4.78, 5) is 28.2. The number of amides is 2. The maximum Gasteiger partial charge on any atom is 0.291 e. The minimum atomic E-state index is -0.355. The van der Waals surface area contributed by atoms with Crippen LogP contribution >= 0.6 is 0 Å². The third kappa shape index (κ3) is 4.59. The number of pyridine rings is 1. The second-order valence-electron chi connectivity index (χ2n) is 6.22. The third-order valence-corrected chi connectivity index (χ3v) is 4.09. The van der Waals surface area contributed by atoms with Crippen molar-refractivity contribution in [1.82, 2.24) is 10.3 Å². The Kier molecular flexibility index (Phi) is 5.20. The summed E-state index contributed by atoms with van der Waals surface area (Å²) in [6.45, 7) is 0.348. The lowest BCUT2D eigenvalue weighted by Gasteiger charge is -2.19. The number of furan rings is 1. The summed E-state index contributed by atoms with van der Waals surface area (Å²) in [6, 6.07) is 14.4. The molecule has 2 amide bonds. The van der Waals surface area contributed by atoms with E-state index in [1.807, 2.05) is 30.3 Å². The van der Waals surface area contributed by atoms with Crippen molar-refractivity contribution < 1.29 is 18.7 Å². The van der Waals surface area contributed by atoms with Crippen molar-refractivity contribution in [3.05, 3.63) is 89.8 Å². The van der Waals surface area contributed by atoms with E-state index in [-0.39, 0.29) is 17.6 Å². The van der Waals surface area contributed by atoms with Gasteiger partial charge in [-0.25, -0.2) is 0 Å². The molecule has 0 fully saturated rings. The SMILES string of the molecule is O=C(/C=C/c1coc(/C=C2\Oc3ccccc3NC2=O)c1)NCc1ccccn1. The molecule has 0 atom stereocenters. The van der Waals surface area contributed by atoms with Gasteiger partial charge in [-0.1, -0.05) is 18.2 Å². The molecule has 1 aromatic carbocycles. The predicted octanol–water partition coefficient (Wildman–Crippen LogP) is 3.38. The molecule has 0 unspecified atom stereocenters. The molecule has 7 heteroatoms. The fraction of sp³-hybridized carbons (Fsp3) is 0.0455. The zero-order valence-corrected chi connectivity index (χ0v) is 15.3. The number of carbonyl (C=O) groups is 2. The van der Waals surface area contributed by atoms with Crippen LogP contribution in [0.1, 0.15) is 17.0 Å². The maximum atomic E-state index is 12.2. The number of para-hydroxylation sites is 2. The molecule has 0 bridgehead atoms. The van der Waals surface area contributed by atoms with Gasteiger partial charge < -0.3 is 19.8 Å².